The van der Waals surface area contributed by atoms with Crippen LogP contribution in [0.4, 0.5) is 0 Å². The van der Waals surface area contributed by atoms with Crippen molar-refractivity contribution in [3.8, 4) is 0 Å². The first-order valence-electron chi connectivity index (χ1n) is 10.4. The number of aryl methyl sites for hydroxylation is 3. The zero-order valence-electron chi connectivity index (χ0n) is 18.2. The highest BCUT2D eigenvalue weighted by atomic mass is 32.2. The van der Waals surface area contributed by atoms with Crippen LogP contribution >= 0.6 is 0 Å². The monoisotopic (exact) mass is 430 g/mol. The number of sulfonamides is 1. The number of carbonyl (C=O) groups excluding carboxylic acids is 1. The predicted molar refractivity (Wildman–Crippen MR) is 118 cm³/mol. The van der Waals surface area contributed by atoms with Crippen LogP contribution < -0.4 is 10.2 Å². The van der Waals surface area contributed by atoms with Gasteiger partial charge in [-0.05, 0) is 44.4 Å². The molecule has 1 saturated heterocycles. The Bertz CT molecular complexity index is 975. The van der Waals surface area contributed by atoms with Crippen LogP contribution in [0.3, 0.4) is 0 Å². The predicted octanol–water partition coefficient (Wildman–Crippen LogP) is 1.38. The Kier molecular flexibility index (Phi) is 6.95. The van der Waals surface area contributed by atoms with Gasteiger partial charge in [-0.2, -0.15) is 4.31 Å². The van der Waals surface area contributed by atoms with Gasteiger partial charge in [0.15, 0.2) is 6.54 Å². The van der Waals surface area contributed by atoms with E-state index in [1.807, 2.05) is 70.2 Å². The molecule has 2 aromatic carbocycles. The van der Waals surface area contributed by atoms with E-state index in [0.29, 0.717) is 37.6 Å². The summed E-state index contributed by atoms with van der Waals surface area (Å²) in [4.78, 5) is 14.0. The second-order valence-electron chi connectivity index (χ2n) is 8.26. The van der Waals surface area contributed by atoms with Gasteiger partial charge < -0.3 is 10.2 Å². The number of piperazine rings is 1. The van der Waals surface area contributed by atoms with Crippen LogP contribution in [0.15, 0.2) is 47.4 Å². The molecule has 1 fully saturated rings. The summed E-state index contributed by atoms with van der Waals surface area (Å²) in [5, 5.41) is 3.04. The van der Waals surface area contributed by atoms with Gasteiger partial charge in [0.2, 0.25) is 10.0 Å². The molecule has 1 amide bonds. The summed E-state index contributed by atoms with van der Waals surface area (Å²) in [6.45, 7) is 10.1. The zero-order chi connectivity index (χ0) is 21.9. The van der Waals surface area contributed by atoms with Gasteiger partial charge in [0.25, 0.3) is 5.91 Å². The number of hydrogen-bond acceptors (Lipinski definition) is 3. The lowest BCUT2D eigenvalue weighted by Crippen LogP contribution is -3.15. The first-order valence-corrected chi connectivity index (χ1v) is 11.9. The van der Waals surface area contributed by atoms with E-state index >= 15 is 0 Å². The summed E-state index contributed by atoms with van der Waals surface area (Å²) in [6, 6.07) is 13.6. The highest BCUT2D eigenvalue weighted by molar-refractivity contribution is 7.89. The SMILES string of the molecule is Cc1cc(C)c(S(=O)(=O)N2CC[NH+](CC(=O)N[C@@H](C)c3ccccc3)CC2)c(C)c1. The van der Waals surface area contributed by atoms with Crippen LogP contribution in [0, 0.1) is 20.8 Å². The van der Waals surface area contributed by atoms with E-state index < -0.39 is 10.0 Å². The molecule has 1 aliphatic rings. The normalized spacial score (nSPS) is 16.9. The maximum Gasteiger partial charge on any atom is 0.275 e. The highest BCUT2D eigenvalue weighted by Gasteiger charge is 2.33. The molecule has 0 bridgehead atoms. The molecule has 0 aromatic heterocycles. The number of amides is 1. The van der Waals surface area contributed by atoms with Crippen LogP contribution in [0.1, 0.15) is 35.2 Å². The van der Waals surface area contributed by atoms with E-state index in [-0.39, 0.29) is 11.9 Å². The van der Waals surface area contributed by atoms with Gasteiger partial charge in [-0.25, -0.2) is 8.42 Å². The Labute approximate surface area is 179 Å². The topological polar surface area (TPSA) is 70.9 Å². The summed E-state index contributed by atoms with van der Waals surface area (Å²) in [7, 11) is -3.53. The van der Waals surface area contributed by atoms with Gasteiger partial charge >= 0.3 is 0 Å². The van der Waals surface area contributed by atoms with Crippen LogP contribution in [-0.2, 0) is 14.8 Å². The second kappa shape index (κ2) is 9.29. The van der Waals surface area contributed by atoms with E-state index in [1.165, 1.54) is 0 Å². The molecule has 0 spiro atoms. The van der Waals surface area contributed by atoms with Crippen molar-refractivity contribution in [2.75, 3.05) is 32.7 Å². The van der Waals surface area contributed by atoms with Crippen LogP contribution in [0.25, 0.3) is 0 Å². The maximum atomic E-state index is 13.2. The maximum absolute atomic E-state index is 13.2. The molecule has 1 aliphatic heterocycles. The molecule has 2 N–H and O–H groups in total. The van der Waals surface area contributed by atoms with Crippen molar-refractivity contribution < 1.29 is 18.1 Å². The number of quaternary nitrogens is 1. The molecule has 1 heterocycles. The third kappa shape index (κ3) is 5.09. The fraction of sp³-hybridized carbons (Fsp3) is 0.435. The summed E-state index contributed by atoms with van der Waals surface area (Å²) < 4.78 is 28.0. The Hall–Kier alpha value is -2.22. The van der Waals surface area contributed by atoms with E-state index in [4.69, 9.17) is 0 Å². The molecule has 0 aliphatic carbocycles. The van der Waals surface area contributed by atoms with Gasteiger partial charge in [0, 0.05) is 0 Å². The highest BCUT2D eigenvalue weighted by Crippen LogP contribution is 2.25. The number of rotatable bonds is 6. The lowest BCUT2D eigenvalue weighted by molar-refractivity contribution is -0.895. The average molecular weight is 431 g/mol. The first-order chi connectivity index (χ1) is 14.2. The van der Waals surface area contributed by atoms with Gasteiger partial charge in [-0.15, -0.1) is 0 Å². The molecule has 0 saturated carbocycles. The summed E-state index contributed by atoms with van der Waals surface area (Å²) >= 11 is 0. The van der Waals surface area contributed by atoms with Crippen molar-refractivity contribution in [1.29, 1.82) is 0 Å². The third-order valence-corrected chi connectivity index (χ3v) is 7.92. The van der Waals surface area contributed by atoms with Gasteiger partial charge in [0.1, 0.15) is 0 Å². The molecule has 0 radical (unpaired) electrons. The minimum atomic E-state index is -3.53. The number of benzene rings is 2. The molecule has 6 nitrogen and oxygen atoms in total. The van der Waals surface area contributed by atoms with E-state index in [1.54, 1.807) is 4.31 Å². The average Bonchev–Trinajstić information content (AvgIpc) is 2.68. The van der Waals surface area contributed by atoms with E-state index in [9.17, 15) is 13.2 Å². The Balaban J connectivity index is 1.57. The molecule has 7 heteroatoms. The zero-order valence-corrected chi connectivity index (χ0v) is 19.1. The van der Waals surface area contributed by atoms with Crippen molar-refractivity contribution in [1.82, 2.24) is 9.62 Å². The number of nitrogens with one attached hydrogen (secondary N) is 2. The molecule has 1 atom stereocenters. The minimum Gasteiger partial charge on any atom is -0.345 e. The fourth-order valence-corrected chi connectivity index (χ4v) is 6.12. The van der Waals surface area contributed by atoms with Crippen molar-refractivity contribution in [3.63, 3.8) is 0 Å². The summed E-state index contributed by atoms with van der Waals surface area (Å²) in [6.07, 6.45) is 0. The van der Waals surface area contributed by atoms with Crippen LogP contribution in [0.5, 0.6) is 0 Å². The van der Waals surface area contributed by atoms with Crippen LogP contribution in [0.2, 0.25) is 0 Å². The Morgan fingerprint density at radius 2 is 1.63 bits per heavy atom. The molecule has 2 aromatic rings. The smallest absolute Gasteiger partial charge is 0.275 e. The third-order valence-electron chi connectivity index (χ3n) is 5.72. The van der Waals surface area contributed by atoms with Gasteiger partial charge in [-0.3, -0.25) is 4.79 Å². The molecule has 30 heavy (non-hydrogen) atoms. The van der Waals surface area contributed by atoms with Crippen molar-refractivity contribution >= 4 is 15.9 Å². The minimum absolute atomic E-state index is 0.0112. The van der Waals surface area contributed by atoms with Gasteiger partial charge in [0.05, 0.1) is 37.1 Å². The van der Waals surface area contributed by atoms with Crippen molar-refractivity contribution in [3.05, 3.63) is 64.7 Å². The standard InChI is InChI=1S/C23H31N3O3S/c1-17-14-18(2)23(19(3)15-17)30(28,29)26-12-10-25(11-13-26)16-22(27)24-20(4)21-8-6-5-7-9-21/h5-9,14-15,20H,10-13,16H2,1-4H3,(H,24,27)/p+1/t20-/m0/s1. The fourth-order valence-electron chi connectivity index (χ4n) is 4.27. The summed E-state index contributed by atoms with van der Waals surface area (Å²) in [5.74, 6) is -0.0112. The van der Waals surface area contributed by atoms with E-state index in [0.717, 1.165) is 27.2 Å². The molecular formula is C23H32N3O3S+. The quantitative estimate of drug-likeness (QED) is 0.727. The van der Waals surface area contributed by atoms with Crippen molar-refractivity contribution in [2.24, 2.45) is 0 Å². The first kappa shape index (κ1) is 22.5. The van der Waals surface area contributed by atoms with E-state index in [2.05, 4.69) is 5.32 Å². The second-order valence-corrected chi connectivity index (χ2v) is 10.1. The Morgan fingerprint density at radius 3 is 2.20 bits per heavy atom. The molecule has 0 unspecified atom stereocenters. The lowest BCUT2D eigenvalue weighted by atomic mass is 10.1. The summed E-state index contributed by atoms with van der Waals surface area (Å²) in [5.41, 5.74) is 3.71. The number of hydrogen-bond donors (Lipinski definition) is 2. The lowest BCUT2D eigenvalue weighted by Gasteiger charge is -2.32. The van der Waals surface area contributed by atoms with Crippen LogP contribution in [-0.4, -0.2) is 51.4 Å². The number of nitrogens with zero attached hydrogens (tertiary/aromatic N) is 1. The molecule has 3 rings (SSSR count). The molecular weight excluding hydrogens is 398 g/mol. The van der Waals surface area contributed by atoms with Crippen molar-refractivity contribution in [2.45, 2.75) is 38.6 Å². The molecule has 162 valence electrons. The number of carbonyl (C=O) groups is 1. The van der Waals surface area contributed by atoms with Gasteiger partial charge in [-0.1, -0.05) is 48.0 Å². The largest absolute Gasteiger partial charge is 0.345 e. The Morgan fingerprint density at radius 1 is 1.07 bits per heavy atom.